The van der Waals surface area contributed by atoms with Crippen LogP contribution in [0.1, 0.15) is 0 Å². The Morgan fingerprint density at radius 1 is 1.19 bits per heavy atom. The topological polar surface area (TPSA) is 80.3 Å². The van der Waals surface area contributed by atoms with Gasteiger partial charge in [0, 0.05) is 5.75 Å². The number of hydrogen-bond acceptors (Lipinski definition) is 6. The summed E-state index contributed by atoms with van der Waals surface area (Å²) >= 11 is 0. The van der Waals surface area contributed by atoms with Crippen molar-refractivity contribution < 1.29 is 36.3 Å². The molecule has 0 aliphatic carbocycles. The molecule has 0 bridgehead atoms. The summed E-state index contributed by atoms with van der Waals surface area (Å²) in [6.07, 6.45) is 3.61. The molecule has 0 fully saturated rings. The van der Waals surface area contributed by atoms with E-state index in [2.05, 4.69) is 24.6 Å². The molecule has 0 amide bonds. The Hall–Kier alpha value is -0.646. The SMILES string of the molecule is C1=CSSC1.C=CC(=O)[O-].C=CC(=O)[O-].[Ni+2]. The molecular formula is C9H10NiO4S2. The molecule has 1 rings (SSSR count). The normalized spacial score (nSPS) is 10.5. The van der Waals surface area contributed by atoms with Gasteiger partial charge in [0.25, 0.3) is 0 Å². The molecule has 16 heavy (non-hydrogen) atoms. The van der Waals surface area contributed by atoms with Gasteiger partial charge in [-0.05, 0) is 17.6 Å². The van der Waals surface area contributed by atoms with E-state index in [1.165, 1.54) is 5.75 Å². The van der Waals surface area contributed by atoms with Crippen LogP contribution in [0.25, 0.3) is 0 Å². The van der Waals surface area contributed by atoms with Crippen LogP contribution in [0.5, 0.6) is 0 Å². The van der Waals surface area contributed by atoms with Gasteiger partial charge in [-0.2, -0.15) is 0 Å². The smallest absolute Gasteiger partial charge is 0.545 e. The molecular weight excluding hydrogens is 295 g/mol. The maximum Gasteiger partial charge on any atom is 2.00 e. The van der Waals surface area contributed by atoms with Gasteiger partial charge in [-0.1, -0.05) is 40.8 Å². The number of carbonyl (C=O) groups is 2. The Bertz CT molecular complexity index is 230. The van der Waals surface area contributed by atoms with Crippen molar-refractivity contribution in [2.75, 3.05) is 5.75 Å². The second-order valence-electron chi connectivity index (χ2n) is 1.80. The number of rotatable bonds is 2. The largest absolute Gasteiger partial charge is 2.00 e. The Balaban J connectivity index is -0.000000154. The maximum absolute atomic E-state index is 9.14. The van der Waals surface area contributed by atoms with Crippen molar-refractivity contribution in [1.82, 2.24) is 0 Å². The van der Waals surface area contributed by atoms with E-state index in [-0.39, 0.29) is 16.5 Å². The number of carboxylic acids is 2. The first kappa shape index (κ1) is 20.7. The van der Waals surface area contributed by atoms with Gasteiger partial charge in [0.15, 0.2) is 0 Å². The van der Waals surface area contributed by atoms with E-state index in [9.17, 15) is 0 Å². The van der Waals surface area contributed by atoms with Crippen molar-refractivity contribution in [2.45, 2.75) is 0 Å². The Labute approximate surface area is 112 Å². The van der Waals surface area contributed by atoms with Crippen LogP contribution in [0.4, 0.5) is 0 Å². The standard InChI is InChI=1S/2C3H4O2.C3H4S2.Ni/c2*1-2-3(4)5;1-2-4-5-3-1;/h2*2H,1H2,(H,4,5);1-2H,3H2;/q;;;+2/p-2. The third kappa shape index (κ3) is 29.2. The second-order valence-corrected chi connectivity index (χ2v) is 4.12. The molecule has 0 aromatic rings. The fourth-order valence-corrected chi connectivity index (χ4v) is 1.77. The summed E-state index contributed by atoms with van der Waals surface area (Å²) in [5.74, 6) is -1.26. The van der Waals surface area contributed by atoms with Crippen LogP contribution in [-0.4, -0.2) is 17.7 Å². The number of carboxylic acid groups (broad SMARTS) is 2. The Kier molecular flexibility index (Phi) is 21.7. The van der Waals surface area contributed by atoms with Crippen LogP contribution in [0.3, 0.4) is 0 Å². The van der Waals surface area contributed by atoms with Crippen LogP contribution >= 0.6 is 21.6 Å². The average Bonchev–Trinajstić information content (AvgIpc) is 2.76. The zero-order chi connectivity index (χ0) is 12.1. The first-order valence-corrected chi connectivity index (χ1v) is 6.03. The molecule has 4 nitrogen and oxygen atoms in total. The molecule has 1 heterocycles. The van der Waals surface area contributed by atoms with Gasteiger partial charge in [-0.15, -0.1) is 0 Å². The summed E-state index contributed by atoms with van der Waals surface area (Å²) in [6, 6.07) is 0. The minimum absolute atomic E-state index is 0. The predicted molar refractivity (Wildman–Crippen MR) is 59.6 cm³/mol. The Morgan fingerprint density at radius 2 is 1.56 bits per heavy atom. The third-order valence-electron chi connectivity index (χ3n) is 0.717. The summed E-state index contributed by atoms with van der Waals surface area (Å²) < 4.78 is 0. The van der Waals surface area contributed by atoms with Crippen LogP contribution in [0, 0.1) is 0 Å². The zero-order valence-corrected chi connectivity index (χ0v) is 10.8. The van der Waals surface area contributed by atoms with Crippen molar-refractivity contribution in [3.63, 3.8) is 0 Å². The fraction of sp³-hybridized carbons (Fsp3) is 0.111. The predicted octanol–water partition coefficient (Wildman–Crippen LogP) is -0.263. The van der Waals surface area contributed by atoms with E-state index in [0.29, 0.717) is 0 Å². The first-order chi connectivity index (χ1) is 7.04. The molecule has 0 spiro atoms. The van der Waals surface area contributed by atoms with E-state index in [0.717, 1.165) is 12.2 Å². The summed E-state index contributed by atoms with van der Waals surface area (Å²) in [7, 11) is 3.69. The molecule has 0 aromatic heterocycles. The third-order valence-corrected chi connectivity index (χ3v) is 2.64. The Morgan fingerprint density at radius 3 is 1.62 bits per heavy atom. The molecule has 0 unspecified atom stereocenters. The van der Waals surface area contributed by atoms with E-state index >= 15 is 0 Å². The average molecular weight is 305 g/mol. The minimum Gasteiger partial charge on any atom is -0.545 e. The number of hydrogen-bond donors (Lipinski definition) is 0. The quantitative estimate of drug-likeness (QED) is 0.397. The molecule has 0 atom stereocenters. The van der Waals surface area contributed by atoms with E-state index in [1.807, 2.05) is 21.6 Å². The molecule has 1 aliphatic heterocycles. The van der Waals surface area contributed by atoms with E-state index in [4.69, 9.17) is 19.8 Å². The number of aliphatic carboxylic acids is 2. The molecule has 1 aliphatic rings. The molecule has 0 saturated heterocycles. The number of carbonyl (C=O) groups excluding carboxylic acids is 2. The molecule has 0 saturated carbocycles. The van der Waals surface area contributed by atoms with Gasteiger partial charge in [0.1, 0.15) is 0 Å². The van der Waals surface area contributed by atoms with E-state index < -0.39 is 11.9 Å². The van der Waals surface area contributed by atoms with Crippen molar-refractivity contribution >= 4 is 33.5 Å². The summed E-state index contributed by atoms with van der Waals surface area (Å²) in [4.78, 5) is 18.3. The molecule has 92 valence electrons. The van der Waals surface area contributed by atoms with Crippen LogP contribution in [0.15, 0.2) is 36.8 Å². The van der Waals surface area contributed by atoms with Crippen LogP contribution in [-0.2, 0) is 26.1 Å². The molecule has 0 N–H and O–H groups in total. The molecule has 7 heteroatoms. The minimum atomic E-state index is -1.23. The van der Waals surface area contributed by atoms with Gasteiger partial charge < -0.3 is 19.8 Å². The molecule has 0 aromatic carbocycles. The summed E-state index contributed by atoms with van der Waals surface area (Å²) in [6.45, 7) is 5.80. The zero-order valence-electron chi connectivity index (χ0n) is 8.20. The van der Waals surface area contributed by atoms with E-state index in [1.54, 1.807) is 0 Å². The van der Waals surface area contributed by atoms with Crippen LogP contribution < -0.4 is 10.2 Å². The van der Waals surface area contributed by atoms with Crippen molar-refractivity contribution in [1.29, 1.82) is 0 Å². The monoisotopic (exact) mass is 304 g/mol. The van der Waals surface area contributed by atoms with Gasteiger partial charge in [-0.3, -0.25) is 0 Å². The van der Waals surface area contributed by atoms with Crippen molar-refractivity contribution in [3.8, 4) is 0 Å². The van der Waals surface area contributed by atoms with Gasteiger partial charge in [-0.25, -0.2) is 0 Å². The van der Waals surface area contributed by atoms with Crippen molar-refractivity contribution in [2.24, 2.45) is 0 Å². The van der Waals surface area contributed by atoms with Crippen molar-refractivity contribution in [3.05, 3.63) is 36.8 Å². The summed E-state index contributed by atoms with van der Waals surface area (Å²) in [5, 5.41) is 20.4. The van der Waals surface area contributed by atoms with Gasteiger partial charge in [0.05, 0.1) is 11.9 Å². The summed E-state index contributed by atoms with van der Waals surface area (Å²) in [5.41, 5.74) is 0. The van der Waals surface area contributed by atoms with Gasteiger partial charge >= 0.3 is 16.5 Å². The van der Waals surface area contributed by atoms with Gasteiger partial charge in [0.2, 0.25) is 0 Å². The van der Waals surface area contributed by atoms with Crippen LogP contribution in [0.2, 0.25) is 0 Å². The fourth-order valence-electron chi connectivity index (χ4n) is 0.196. The first-order valence-electron chi connectivity index (χ1n) is 3.64. The molecule has 0 radical (unpaired) electrons. The second kappa shape index (κ2) is 16.8. The maximum atomic E-state index is 9.14.